The molecule has 1 aliphatic heterocycles. The monoisotopic (exact) mass is 380 g/mol. The number of rotatable bonds is 8. The molecule has 1 unspecified atom stereocenters. The highest BCUT2D eigenvalue weighted by atomic mass is 16.5. The highest BCUT2D eigenvalue weighted by Gasteiger charge is 2.21. The molecule has 1 atom stereocenters. The van der Waals surface area contributed by atoms with Crippen LogP contribution in [0.2, 0.25) is 0 Å². The Bertz CT molecular complexity index is 743. The molecule has 1 saturated heterocycles. The van der Waals surface area contributed by atoms with Gasteiger partial charge in [0.25, 0.3) is 0 Å². The molecule has 0 saturated carbocycles. The third-order valence-electron chi connectivity index (χ3n) is 4.95. The summed E-state index contributed by atoms with van der Waals surface area (Å²) in [5.41, 5.74) is 8.40. The van der Waals surface area contributed by atoms with E-state index in [2.05, 4.69) is 45.5 Å². The fourth-order valence-electron chi connectivity index (χ4n) is 3.50. The van der Waals surface area contributed by atoms with Crippen molar-refractivity contribution >= 4 is 11.6 Å². The Hall–Kier alpha value is -2.53. The van der Waals surface area contributed by atoms with Gasteiger partial charge in [-0.2, -0.15) is 0 Å². The zero-order chi connectivity index (χ0) is 19.8. The van der Waals surface area contributed by atoms with E-state index in [-0.39, 0.29) is 6.10 Å². The molecule has 150 valence electrons. The summed E-state index contributed by atoms with van der Waals surface area (Å²) < 4.78 is 5.65. The van der Waals surface area contributed by atoms with E-state index in [0.717, 1.165) is 44.0 Å². The summed E-state index contributed by atoms with van der Waals surface area (Å²) >= 11 is 0. The van der Waals surface area contributed by atoms with E-state index in [1.807, 2.05) is 38.1 Å². The summed E-state index contributed by atoms with van der Waals surface area (Å²) in [6.07, 6.45) is 2.47. The molecular weight excluding hydrogens is 348 g/mol. The quantitative estimate of drug-likeness (QED) is 0.541. The first-order valence-corrected chi connectivity index (χ1v) is 10.2. The molecule has 2 aromatic rings. The van der Waals surface area contributed by atoms with Gasteiger partial charge < -0.3 is 20.7 Å². The second-order valence-corrected chi connectivity index (χ2v) is 7.73. The number of benzene rings is 2. The van der Waals surface area contributed by atoms with Crippen LogP contribution in [0, 0.1) is 5.92 Å². The first kappa shape index (κ1) is 20.2. The highest BCUT2D eigenvalue weighted by molar-refractivity contribution is 5.92. The van der Waals surface area contributed by atoms with Crippen LogP contribution in [0.15, 0.2) is 59.6 Å². The van der Waals surface area contributed by atoms with Crippen LogP contribution in [0.25, 0.3) is 0 Å². The lowest BCUT2D eigenvalue weighted by atomic mass is 10.1. The minimum atomic E-state index is 0.170. The van der Waals surface area contributed by atoms with Crippen molar-refractivity contribution in [1.29, 1.82) is 0 Å². The molecular formula is C23H32N4O. The summed E-state index contributed by atoms with van der Waals surface area (Å²) in [5, 5.41) is 3.16. The average Bonchev–Trinajstić information content (AvgIpc) is 3.15. The van der Waals surface area contributed by atoms with Gasteiger partial charge in [0.2, 0.25) is 0 Å². The molecule has 1 fully saturated rings. The second kappa shape index (κ2) is 10.1. The average molecular weight is 381 g/mol. The number of hydrogen-bond acceptors (Lipinski definition) is 3. The summed E-state index contributed by atoms with van der Waals surface area (Å²) in [4.78, 5) is 7.08. The number of hydrogen-bond donors (Lipinski definition) is 2. The topological polar surface area (TPSA) is 62.9 Å². The van der Waals surface area contributed by atoms with Gasteiger partial charge in [-0.05, 0) is 69.0 Å². The largest absolute Gasteiger partial charge is 0.491 e. The molecule has 5 nitrogen and oxygen atoms in total. The Morgan fingerprint density at radius 3 is 2.64 bits per heavy atom. The zero-order valence-corrected chi connectivity index (χ0v) is 17.0. The number of nitrogens with zero attached hydrogens (tertiary/aromatic N) is 2. The normalized spacial score (nSPS) is 17.8. The third-order valence-corrected chi connectivity index (χ3v) is 4.95. The summed E-state index contributed by atoms with van der Waals surface area (Å²) in [6, 6.07) is 18.5. The van der Waals surface area contributed by atoms with Gasteiger partial charge in [0.1, 0.15) is 5.75 Å². The van der Waals surface area contributed by atoms with Gasteiger partial charge in [0.05, 0.1) is 6.10 Å². The maximum Gasteiger partial charge on any atom is 0.193 e. The molecule has 0 spiro atoms. The lowest BCUT2D eigenvalue weighted by Crippen LogP contribution is -2.26. The number of nitrogens with one attached hydrogen (secondary N) is 1. The Morgan fingerprint density at radius 2 is 1.93 bits per heavy atom. The van der Waals surface area contributed by atoms with Crippen LogP contribution < -0.4 is 15.8 Å². The van der Waals surface area contributed by atoms with E-state index < -0.39 is 0 Å². The first-order valence-electron chi connectivity index (χ1n) is 10.2. The number of ether oxygens (including phenoxy) is 1. The van der Waals surface area contributed by atoms with Crippen LogP contribution in [0.1, 0.15) is 25.8 Å². The Labute approximate surface area is 168 Å². The lowest BCUT2D eigenvalue weighted by molar-refractivity contribution is 0.242. The molecule has 0 aromatic heterocycles. The number of anilines is 1. The zero-order valence-electron chi connectivity index (χ0n) is 17.0. The van der Waals surface area contributed by atoms with E-state index in [1.165, 1.54) is 12.0 Å². The van der Waals surface area contributed by atoms with E-state index in [0.29, 0.717) is 11.9 Å². The molecule has 0 bridgehead atoms. The maximum atomic E-state index is 6.07. The van der Waals surface area contributed by atoms with Gasteiger partial charge in [-0.25, -0.2) is 0 Å². The van der Waals surface area contributed by atoms with Gasteiger partial charge >= 0.3 is 0 Å². The van der Waals surface area contributed by atoms with Crippen molar-refractivity contribution in [2.75, 3.05) is 31.5 Å². The molecule has 2 aromatic carbocycles. The number of guanidine groups is 1. The van der Waals surface area contributed by atoms with Crippen LogP contribution in [0.4, 0.5) is 5.69 Å². The van der Waals surface area contributed by atoms with Gasteiger partial charge in [0, 0.05) is 25.3 Å². The molecule has 0 aliphatic carbocycles. The standard InChI is InChI=1S/C23H32N4O/c1-18(2)28-22-10-8-21(9-11-22)26-23(24)25-16-20-13-15-27(17-20)14-12-19-6-4-3-5-7-19/h3-11,18,20H,12-17H2,1-2H3,(H3,24,25,26). The van der Waals surface area contributed by atoms with Crippen molar-refractivity contribution in [2.45, 2.75) is 32.8 Å². The lowest BCUT2D eigenvalue weighted by Gasteiger charge is -2.15. The summed E-state index contributed by atoms with van der Waals surface area (Å²) in [6.45, 7) is 8.17. The number of likely N-dealkylation sites (tertiary alicyclic amines) is 1. The maximum absolute atomic E-state index is 6.07. The van der Waals surface area contributed by atoms with Crippen molar-refractivity contribution in [3.63, 3.8) is 0 Å². The first-order chi connectivity index (χ1) is 13.6. The minimum absolute atomic E-state index is 0.170. The van der Waals surface area contributed by atoms with Gasteiger partial charge in [-0.1, -0.05) is 30.3 Å². The number of nitrogens with two attached hydrogens (primary N) is 1. The molecule has 1 heterocycles. The molecule has 1 aliphatic rings. The summed E-state index contributed by atoms with van der Waals surface area (Å²) in [5.74, 6) is 1.91. The van der Waals surface area contributed by atoms with E-state index in [1.54, 1.807) is 0 Å². The van der Waals surface area contributed by atoms with E-state index in [4.69, 9.17) is 10.5 Å². The van der Waals surface area contributed by atoms with Gasteiger partial charge in [0.15, 0.2) is 5.96 Å². The van der Waals surface area contributed by atoms with Crippen LogP contribution in [-0.4, -0.2) is 43.1 Å². The Balaban J connectivity index is 1.40. The van der Waals surface area contributed by atoms with Crippen molar-refractivity contribution in [3.05, 3.63) is 60.2 Å². The van der Waals surface area contributed by atoms with Crippen LogP contribution in [0.3, 0.4) is 0 Å². The van der Waals surface area contributed by atoms with Crippen molar-refractivity contribution < 1.29 is 4.74 Å². The van der Waals surface area contributed by atoms with Gasteiger partial charge in [-0.15, -0.1) is 0 Å². The predicted molar refractivity (Wildman–Crippen MR) is 117 cm³/mol. The third kappa shape index (κ3) is 6.57. The molecule has 0 amide bonds. The van der Waals surface area contributed by atoms with E-state index in [9.17, 15) is 0 Å². The van der Waals surface area contributed by atoms with Gasteiger partial charge in [-0.3, -0.25) is 4.99 Å². The fraction of sp³-hybridized carbons (Fsp3) is 0.435. The molecule has 5 heteroatoms. The molecule has 28 heavy (non-hydrogen) atoms. The molecule has 0 radical (unpaired) electrons. The highest BCUT2D eigenvalue weighted by Crippen LogP contribution is 2.18. The Kier molecular flexibility index (Phi) is 7.31. The smallest absolute Gasteiger partial charge is 0.193 e. The van der Waals surface area contributed by atoms with Crippen LogP contribution >= 0.6 is 0 Å². The Morgan fingerprint density at radius 1 is 1.18 bits per heavy atom. The van der Waals surface area contributed by atoms with Crippen LogP contribution in [0.5, 0.6) is 5.75 Å². The summed E-state index contributed by atoms with van der Waals surface area (Å²) in [7, 11) is 0. The molecule has 3 rings (SSSR count). The number of aliphatic imine (C=N–C) groups is 1. The molecule has 3 N–H and O–H groups in total. The van der Waals surface area contributed by atoms with E-state index >= 15 is 0 Å². The van der Waals surface area contributed by atoms with Crippen molar-refractivity contribution in [2.24, 2.45) is 16.6 Å². The van der Waals surface area contributed by atoms with Crippen molar-refractivity contribution in [3.8, 4) is 5.75 Å². The predicted octanol–water partition coefficient (Wildman–Crippen LogP) is 3.77. The SMILES string of the molecule is CC(C)Oc1ccc(NC(N)=NCC2CCN(CCc3ccccc3)C2)cc1. The van der Waals surface area contributed by atoms with Crippen molar-refractivity contribution in [1.82, 2.24) is 4.90 Å². The second-order valence-electron chi connectivity index (χ2n) is 7.73. The minimum Gasteiger partial charge on any atom is -0.491 e. The van der Waals surface area contributed by atoms with Crippen LogP contribution in [-0.2, 0) is 6.42 Å². The fourth-order valence-corrected chi connectivity index (χ4v) is 3.50.